The second-order valence-electron chi connectivity index (χ2n) is 6.22. The Bertz CT molecular complexity index is 909. The third kappa shape index (κ3) is 3.76. The van der Waals surface area contributed by atoms with E-state index < -0.39 is 12.1 Å². The molecule has 0 fully saturated rings. The minimum atomic E-state index is -0.669. The smallest absolute Gasteiger partial charge is 0.337 e. The lowest BCUT2D eigenvalue weighted by Gasteiger charge is -2.32. The first kappa shape index (κ1) is 18.4. The highest BCUT2D eigenvalue weighted by atomic mass is 16.5. The van der Waals surface area contributed by atoms with Crippen LogP contribution in [0, 0.1) is 6.92 Å². The molecule has 0 aromatic heterocycles. The Labute approximate surface area is 156 Å². The maximum Gasteiger partial charge on any atom is 0.337 e. The van der Waals surface area contributed by atoms with Gasteiger partial charge in [0.25, 0.3) is 5.91 Å². The molecule has 1 heterocycles. The lowest BCUT2D eigenvalue weighted by Crippen LogP contribution is -2.47. The number of hydrogen-bond donors (Lipinski definition) is 1. The lowest BCUT2D eigenvalue weighted by atomic mass is 10.1. The van der Waals surface area contributed by atoms with Crippen molar-refractivity contribution >= 4 is 29.2 Å². The lowest BCUT2D eigenvalue weighted by molar-refractivity contribution is -0.127. The van der Waals surface area contributed by atoms with Crippen LogP contribution in [0.15, 0.2) is 42.5 Å². The summed E-state index contributed by atoms with van der Waals surface area (Å²) in [7, 11) is 1.29. The van der Waals surface area contributed by atoms with Gasteiger partial charge in [0.15, 0.2) is 6.10 Å². The van der Waals surface area contributed by atoms with Gasteiger partial charge in [-0.25, -0.2) is 4.79 Å². The summed E-state index contributed by atoms with van der Waals surface area (Å²) < 4.78 is 10.3. The van der Waals surface area contributed by atoms with Crippen molar-refractivity contribution < 1.29 is 23.9 Å². The van der Waals surface area contributed by atoms with Crippen molar-refractivity contribution in [3.05, 3.63) is 53.6 Å². The number of carbonyl (C=O) groups excluding carboxylic acids is 3. The molecule has 0 bridgehead atoms. The van der Waals surface area contributed by atoms with Crippen molar-refractivity contribution in [1.29, 1.82) is 0 Å². The van der Waals surface area contributed by atoms with E-state index in [1.54, 1.807) is 49.4 Å². The van der Waals surface area contributed by atoms with Gasteiger partial charge in [0, 0.05) is 5.69 Å². The van der Waals surface area contributed by atoms with E-state index in [2.05, 4.69) is 5.32 Å². The summed E-state index contributed by atoms with van der Waals surface area (Å²) in [6.45, 7) is 3.30. The number of methoxy groups -OCH3 is 1. The van der Waals surface area contributed by atoms with E-state index in [0.29, 0.717) is 22.7 Å². The fourth-order valence-electron chi connectivity index (χ4n) is 2.86. The van der Waals surface area contributed by atoms with E-state index >= 15 is 0 Å². The normalized spacial score (nSPS) is 15.6. The number of hydrogen-bond acceptors (Lipinski definition) is 5. The first-order chi connectivity index (χ1) is 12.9. The molecule has 2 amide bonds. The van der Waals surface area contributed by atoms with Crippen LogP contribution in [0.1, 0.15) is 22.8 Å². The molecule has 27 heavy (non-hydrogen) atoms. The molecule has 0 radical (unpaired) electrons. The fraction of sp³-hybridized carbons (Fsp3) is 0.250. The number of benzene rings is 2. The number of aryl methyl sites for hydroxylation is 1. The molecule has 7 heteroatoms. The molecule has 1 N–H and O–H groups in total. The maximum absolute atomic E-state index is 12.6. The van der Waals surface area contributed by atoms with Crippen LogP contribution in [0.5, 0.6) is 5.75 Å². The minimum absolute atomic E-state index is 0.161. The monoisotopic (exact) mass is 368 g/mol. The molecule has 2 aromatic carbocycles. The summed E-state index contributed by atoms with van der Waals surface area (Å²) in [6, 6.07) is 12.0. The summed E-state index contributed by atoms with van der Waals surface area (Å²) >= 11 is 0. The Hall–Kier alpha value is -3.35. The number of para-hydroxylation sites is 2. The Kier molecular flexibility index (Phi) is 5.12. The average molecular weight is 368 g/mol. The van der Waals surface area contributed by atoms with Crippen LogP contribution in [0.2, 0.25) is 0 Å². The number of fused-ring (bicyclic) bond motifs is 1. The zero-order valence-corrected chi connectivity index (χ0v) is 15.3. The Morgan fingerprint density at radius 2 is 1.96 bits per heavy atom. The second kappa shape index (κ2) is 7.49. The van der Waals surface area contributed by atoms with E-state index in [9.17, 15) is 14.4 Å². The molecule has 7 nitrogen and oxygen atoms in total. The highest BCUT2D eigenvalue weighted by Crippen LogP contribution is 2.33. The van der Waals surface area contributed by atoms with E-state index in [1.165, 1.54) is 12.0 Å². The highest BCUT2D eigenvalue weighted by molar-refractivity contribution is 6.06. The Balaban J connectivity index is 1.80. The maximum atomic E-state index is 12.6. The SMILES string of the molecule is COC(=O)c1ccc(C)c(NC(=O)CN2C(=O)[C@H](C)Oc3ccccc32)c1. The van der Waals surface area contributed by atoms with Crippen LogP contribution >= 0.6 is 0 Å². The largest absolute Gasteiger partial charge is 0.479 e. The molecule has 0 aliphatic carbocycles. The molecular weight excluding hydrogens is 348 g/mol. The zero-order chi connectivity index (χ0) is 19.6. The van der Waals surface area contributed by atoms with Gasteiger partial charge in [-0.05, 0) is 43.7 Å². The van der Waals surface area contributed by atoms with Crippen molar-refractivity contribution in [2.75, 3.05) is 23.9 Å². The van der Waals surface area contributed by atoms with E-state index in [0.717, 1.165) is 5.56 Å². The summed E-state index contributed by atoms with van der Waals surface area (Å²) in [5.41, 5.74) is 2.17. The molecule has 1 aliphatic heterocycles. The van der Waals surface area contributed by atoms with Crippen LogP contribution in [0.4, 0.5) is 11.4 Å². The molecule has 0 spiro atoms. The average Bonchev–Trinajstić information content (AvgIpc) is 2.66. The molecule has 0 saturated heterocycles. The predicted octanol–water partition coefficient (Wildman–Crippen LogP) is 2.53. The molecular formula is C20H20N2O5. The van der Waals surface area contributed by atoms with Gasteiger partial charge in [-0.1, -0.05) is 18.2 Å². The molecule has 3 rings (SSSR count). The summed E-state index contributed by atoms with van der Waals surface area (Å²) in [5, 5.41) is 2.76. The Morgan fingerprint density at radius 3 is 2.70 bits per heavy atom. The summed E-state index contributed by atoms with van der Waals surface area (Å²) in [5.74, 6) is -0.598. The predicted molar refractivity (Wildman–Crippen MR) is 100 cm³/mol. The number of esters is 1. The van der Waals surface area contributed by atoms with Crippen LogP contribution < -0.4 is 15.0 Å². The first-order valence-electron chi connectivity index (χ1n) is 8.46. The summed E-state index contributed by atoms with van der Waals surface area (Å²) in [6.07, 6.45) is -0.669. The van der Waals surface area contributed by atoms with Crippen molar-refractivity contribution in [1.82, 2.24) is 0 Å². The number of ether oxygens (including phenoxy) is 2. The first-order valence-corrected chi connectivity index (χ1v) is 8.46. The van der Waals surface area contributed by atoms with Crippen molar-refractivity contribution in [3.8, 4) is 5.75 Å². The Morgan fingerprint density at radius 1 is 1.22 bits per heavy atom. The van der Waals surface area contributed by atoms with Crippen molar-refractivity contribution in [2.45, 2.75) is 20.0 Å². The third-order valence-corrected chi connectivity index (χ3v) is 4.31. The van der Waals surface area contributed by atoms with E-state index in [-0.39, 0.29) is 18.4 Å². The standard InChI is InChI=1S/C20H20N2O5/c1-12-8-9-14(20(25)26-3)10-15(12)21-18(23)11-22-16-6-4-5-7-17(16)27-13(2)19(22)24/h4-10,13H,11H2,1-3H3,(H,21,23)/t13-/m0/s1. The topological polar surface area (TPSA) is 84.9 Å². The molecule has 0 unspecified atom stereocenters. The fourth-order valence-corrected chi connectivity index (χ4v) is 2.86. The number of nitrogens with zero attached hydrogens (tertiary/aromatic N) is 1. The van der Waals surface area contributed by atoms with Crippen LogP contribution in [-0.2, 0) is 14.3 Å². The number of carbonyl (C=O) groups is 3. The van der Waals surface area contributed by atoms with Gasteiger partial charge in [-0.3, -0.25) is 14.5 Å². The highest BCUT2D eigenvalue weighted by Gasteiger charge is 2.32. The van der Waals surface area contributed by atoms with Crippen molar-refractivity contribution in [2.24, 2.45) is 0 Å². The molecule has 0 saturated carbocycles. The van der Waals surface area contributed by atoms with E-state index in [4.69, 9.17) is 9.47 Å². The molecule has 140 valence electrons. The van der Waals surface area contributed by atoms with Gasteiger partial charge in [-0.15, -0.1) is 0 Å². The second-order valence-corrected chi connectivity index (χ2v) is 6.22. The van der Waals surface area contributed by atoms with Crippen LogP contribution in [0.3, 0.4) is 0 Å². The zero-order valence-electron chi connectivity index (χ0n) is 15.3. The van der Waals surface area contributed by atoms with Gasteiger partial charge >= 0.3 is 5.97 Å². The van der Waals surface area contributed by atoms with Gasteiger partial charge in [0.1, 0.15) is 12.3 Å². The molecule has 1 atom stereocenters. The molecule has 1 aliphatic rings. The minimum Gasteiger partial charge on any atom is -0.479 e. The van der Waals surface area contributed by atoms with Gasteiger partial charge in [0.2, 0.25) is 5.91 Å². The number of nitrogens with one attached hydrogen (secondary N) is 1. The number of amides is 2. The number of rotatable bonds is 4. The quantitative estimate of drug-likeness (QED) is 0.839. The van der Waals surface area contributed by atoms with Gasteiger partial charge in [-0.2, -0.15) is 0 Å². The van der Waals surface area contributed by atoms with Crippen molar-refractivity contribution in [3.63, 3.8) is 0 Å². The van der Waals surface area contributed by atoms with E-state index in [1.807, 2.05) is 6.92 Å². The van der Waals surface area contributed by atoms with Crippen LogP contribution in [0.25, 0.3) is 0 Å². The van der Waals surface area contributed by atoms with Gasteiger partial charge in [0.05, 0.1) is 18.4 Å². The third-order valence-electron chi connectivity index (χ3n) is 4.31. The summed E-state index contributed by atoms with van der Waals surface area (Å²) in [4.78, 5) is 38.2. The molecule has 2 aromatic rings. The van der Waals surface area contributed by atoms with Gasteiger partial charge < -0.3 is 14.8 Å². The van der Waals surface area contributed by atoms with Crippen LogP contribution in [-0.4, -0.2) is 37.5 Å². The number of anilines is 2.